The van der Waals surface area contributed by atoms with E-state index >= 15 is 0 Å². The van der Waals surface area contributed by atoms with Crippen LogP contribution in [0.2, 0.25) is 0 Å². The Balaban J connectivity index is 1.95. The van der Waals surface area contributed by atoms with Crippen LogP contribution >= 0.6 is 0 Å². The van der Waals surface area contributed by atoms with Crippen molar-refractivity contribution < 1.29 is 19.0 Å². The number of carbonyl (C=O) groups is 1. The quantitative estimate of drug-likeness (QED) is 0.591. The van der Waals surface area contributed by atoms with Gasteiger partial charge in [-0.1, -0.05) is 19.1 Å². The Hall–Kier alpha value is -3.02. The van der Waals surface area contributed by atoms with Gasteiger partial charge in [0.15, 0.2) is 18.1 Å². The number of ether oxygens (including phenoxy) is 3. The second kappa shape index (κ2) is 9.32. The minimum Gasteiger partial charge on any atom is -0.497 e. The van der Waals surface area contributed by atoms with Gasteiger partial charge in [0.1, 0.15) is 5.75 Å². The Morgan fingerprint density at radius 1 is 1.00 bits per heavy atom. The largest absolute Gasteiger partial charge is 0.497 e. The molecule has 0 fully saturated rings. The zero-order valence-electron chi connectivity index (χ0n) is 14.6. The van der Waals surface area contributed by atoms with Crippen molar-refractivity contribution in [2.24, 2.45) is 5.10 Å². The molecule has 0 spiro atoms. The highest BCUT2D eigenvalue weighted by Crippen LogP contribution is 2.25. The van der Waals surface area contributed by atoms with Crippen molar-refractivity contribution in [3.63, 3.8) is 0 Å². The topological polar surface area (TPSA) is 69.2 Å². The number of nitrogens with one attached hydrogen (secondary N) is 1. The Bertz CT molecular complexity index is 726. The fourth-order valence-corrected chi connectivity index (χ4v) is 2.17. The van der Waals surface area contributed by atoms with Gasteiger partial charge < -0.3 is 14.2 Å². The molecular formula is C19H22N2O4. The molecular weight excluding hydrogens is 320 g/mol. The number of amides is 1. The molecule has 2 aromatic rings. The van der Waals surface area contributed by atoms with Crippen molar-refractivity contribution in [2.45, 2.75) is 13.3 Å². The zero-order chi connectivity index (χ0) is 18.1. The maximum Gasteiger partial charge on any atom is 0.277 e. The number of benzene rings is 2. The summed E-state index contributed by atoms with van der Waals surface area (Å²) in [5.74, 6) is 1.51. The van der Waals surface area contributed by atoms with Crippen LogP contribution in [0.4, 0.5) is 0 Å². The number of hydrogen-bond acceptors (Lipinski definition) is 5. The summed E-state index contributed by atoms with van der Waals surface area (Å²) in [7, 11) is 3.17. The molecule has 2 rings (SSSR count). The molecule has 1 amide bonds. The lowest BCUT2D eigenvalue weighted by Crippen LogP contribution is -2.26. The SMILES string of the molecule is CC/C(=N\NC(=O)COc1ccccc1OC)c1ccc(OC)cc1. The van der Waals surface area contributed by atoms with Crippen LogP contribution < -0.4 is 19.6 Å². The number of hydrogen-bond donors (Lipinski definition) is 1. The molecule has 0 aliphatic heterocycles. The van der Waals surface area contributed by atoms with Crippen LogP contribution in [0, 0.1) is 0 Å². The first-order valence-electron chi connectivity index (χ1n) is 7.93. The van der Waals surface area contributed by atoms with Crippen molar-refractivity contribution in [3.05, 3.63) is 54.1 Å². The van der Waals surface area contributed by atoms with E-state index in [0.29, 0.717) is 17.9 Å². The van der Waals surface area contributed by atoms with Gasteiger partial charge in [-0.05, 0) is 48.4 Å². The molecule has 25 heavy (non-hydrogen) atoms. The fraction of sp³-hybridized carbons (Fsp3) is 0.263. The molecule has 6 nitrogen and oxygen atoms in total. The Kier molecular flexibility index (Phi) is 6.83. The second-order valence-corrected chi connectivity index (χ2v) is 5.12. The predicted octanol–water partition coefficient (Wildman–Crippen LogP) is 3.01. The van der Waals surface area contributed by atoms with Gasteiger partial charge in [-0.3, -0.25) is 4.79 Å². The highest BCUT2D eigenvalue weighted by Gasteiger charge is 2.07. The van der Waals surface area contributed by atoms with E-state index in [0.717, 1.165) is 17.0 Å². The summed E-state index contributed by atoms with van der Waals surface area (Å²) in [5, 5.41) is 4.19. The molecule has 0 radical (unpaired) electrons. The third kappa shape index (κ3) is 5.24. The van der Waals surface area contributed by atoms with Gasteiger partial charge >= 0.3 is 0 Å². The van der Waals surface area contributed by atoms with Gasteiger partial charge in [-0.15, -0.1) is 0 Å². The van der Waals surface area contributed by atoms with Crippen LogP contribution in [-0.2, 0) is 4.79 Å². The standard InChI is InChI=1S/C19H22N2O4/c1-4-16(14-9-11-15(23-2)12-10-14)20-21-19(22)13-25-18-8-6-5-7-17(18)24-3/h5-12H,4,13H2,1-3H3,(H,21,22)/b20-16+. The van der Waals surface area contributed by atoms with Crippen LogP contribution in [0.15, 0.2) is 53.6 Å². The van der Waals surface area contributed by atoms with Gasteiger partial charge in [-0.25, -0.2) is 5.43 Å². The van der Waals surface area contributed by atoms with Gasteiger partial charge in [0.05, 0.1) is 19.9 Å². The monoisotopic (exact) mass is 342 g/mol. The third-order valence-corrected chi connectivity index (χ3v) is 3.50. The number of nitrogens with zero attached hydrogens (tertiary/aromatic N) is 1. The van der Waals surface area contributed by atoms with Crippen LogP contribution in [-0.4, -0.2) is 32.4 Å². The Morgan fingerprint density at radius 3 is 2.28 bits per heavy atom. The summed E-state index contributed by atoms with van der Waals surface area (Å²) in [4.78, 5) is 12.0. The van der Waals surface area contributed by atoms with E-state index in [1.54, 1.807) is 26.4 Å². The van der Waals surface area contributed by atoms with Gasteiger partial charge in [0.25, 0.3) is 5.91 Å². The van der Waals surface area contributed by atoms with E-state index in [1.165, 1.54) is 0 Å². The molecule has 6 heteroatoms. The number of methoxy groups -OCH3 is 2. The number of carbonyl (C=O) groups excluding carboxylic acids is 1. The van der Waals surface area contributed by atoms with Crippen LogP contribution in [0.3, 0.4) is 0 Å². The average molecular weight is 342 g/mol. The van der Waals surface area contributed by atoms with Gasteiger partial charge in [0.2, 0.25) is 0 Å². The van der Waals surface area contributed by atoms with E-state index in [-0.39, 0.29) is 12.5 Å². The summed E-state index contributed by atoms with van der Waals surface area (Å²) in [6, 6.07) is 14.7. The summed E-state index contributed by atoms with van der Waals surface area (Å²) in [6.07, 6.45) is 0.681. The fourth-order valence-electron chi connectivity index (χ4n) is 2.17. The summed E-state index contributed by atoms with van der Waals surface area (Å²) in [5.41, 5.74) is 4.22. The van der Waals surface area contributed by atoms with E-state index in [1.807, 2.05) is 43.3 Å². The molecule has 0 saturated heterocycles. The molecule has 0 aliphatic rings. The Morgan fingerprint density at radius 2 is 1.68 bits per heavy atom. The highest BCUT2D eigenvalue weighted by atomic mass is 16.5. The maximum atomic E-state index is 12.0. The molecule has 0 aliphatic carbocycles. The first-order chi connectivity index (χ1) is 12.2. The van der Waals surface area contributed by atoms with Crippen molar-refractivity contribution >= 4 is 11.6 Å². The smallest absolute Gasteiger partial charge is 0.277 e. The molecule has 0 saturated carbocycles. The molecule has 2 aromatic carbocycles. The Labute approximate surface area is 147 Å². The lowest BCUT2D eigenvalue weighted by atomic mass is 10.1. The molecule has 1 N–H and O–H groups in total. The van der Waals surface area contributed by atoms with Crippen molar-refractivity contribution in [1.29, 1.82) is 0 Å². The van der Waals surface area contributed by atoms with Gasteiger partial charge in [-0.2, -0.15) is 5.10 Å². The normalized spacial score (nSPS) is 10.9. The molecule has 0 atom stereocenters. The van der Waals surface area contributed by atoms with Gasteiger partial charge in [0, 0.05) is 0 Å². The first kappa shape index (κ1) is 18.3. The number of para-hydroxylation sites is 2. The number of rotatable bonds is 8. The van der Waals surface area contributed by atoms with E-state index in [4.69, 9.17) is 14.2 Å². The lowest BCUT2D eigenvalue weighted by Gasteiger charge is -2.10. The molecule has 132 valence electrons. The first-order valence-corrected chi connectivity index (χ1v) is 7.93. The third-order valence-electron chi connectivity index (χ3n) is 3.50. The number of hydrazone groups is 1. The lowest BCUT2D eigenvalue weighted by molar-refractivity contribution is -0.123. The average Bonchev–Trinajstić information content (AvgIpc) is 2.67. The summed E-state index contributed by atoms with van der Waals surface area (Å²) < 4.78 is 15.8. The summed E-state index contributed by atoms with van der Waals surface area (Å²) >= 11 is 0. The predicted molar refractivity (Wildman–Crippen MR) is 96.5 cm³/mol. The van der Waals surface area contributed by atoms with Crippen LogP contribution in [0.25, 0.3) is 0 Å². The maximum absolute atomic E-state index is 12.0. The molecule has 0 unspecified atom stereocenters. The minimum absolute atomic E-state index is 0.149. The van der Waals surface area contributed by atoms with Crippen LogP contribution in [0.5, 0.6) is 17.2 Å². The molecule has 0 aromatic heterocycles. The highest BCUT2D eigenvalue weighted by molar-refractivity contribution is 6.01. The second-order valence-electron chi connectivity index (χ2n) is 5.12. The molecule has 0 bridgehead atoms. The van der Waals surface area contributed by atoms with Crippen molar-refractivity contribution in [3.8, 4) is 17.2 Å². The van der Waals surface area contributed by atoms with E-state index < -0.39 is 0 Å². The van der Waals surface area contributed by atoms with Crippen molar-refractivity contribution in [2.75, 3.05) is 20.8 Å². The summed E-state index contributed by atoms with van der Waals surface area (Å²) in [6.45, 7) is 1.82. The van der Waals surface area contributed by atoms with E-state index in [2.05, 4.69) is 10.5 Å². The van der Waals surface area contributed by atoms with Crippen LogP contribution in [0.1, 0.15) is 18.9 Å². The van der Waals surface area contributed by atoms with Crippen molar-refractivity contribution in [1.82, 2.24) is 5.43 Å². The zero-order valence-corrected chi connectivity index (χ0v) is 14.6. The molecule has 0 heterocycles. The van der Waals surface area contributed by atoms with E-state index in [9.17, 15) is 4.79 Å². The minimum atomic E-state index is -0.342.